The molecule has 1 aliphatic heterocycles. The van der Waals surface area contributed by atoms with E-state index in [9.17, 15) is 5.11 Å². The summed E-state index contributed by atoms with van der Waals surface area (Å²) in [6, 6.07) is 7.50. The van der Waals surface area contributed by atoms with E-state index in [1.165, 1.54) is 0 Å². The molecule has 0 aromatic heterocycles. The summed E-state index contributed by atoms with van der Waals surface area (Å²) < 4.78 is 5.12. The lowest BCUT2D eigenvalue weighted by Crippen LogP contribution is -2.02. The van der Waals surface area contributed by atoms with Crippen molar-refractivity contribution in [3.63, 3.8) is 0 Å². The first-order chi connectivity index (χ1) is 6.31. The average molecular weight is 180 g/mol. The maximum atomic E-state index is 9.37. The maximum absolute atomic E-state index is 9.37. The molecule has 1 heterocycles. The monoisotopic (exact) mass is 180 g/mol. The van der Waals surface area contributed by atoms with Gasteiger partial charge >= 0.3 is 0 Å². The fraction of sp³-hybridized carbons (Fsp3) is 0.400. The van der Waals surface area contributed by atoms with E-state index in [1.807, 2.05) is 18.2 Å². The Morgan fingerprint density at radius 3 is 2.92 bits per heavy atom. The number of benzene rings is 1. The molecule has 1 aliphatic rings. The molecule has 0 saturated carbocycles. The highest BCUT2D eigenvalue weighted by Crippen LogP contribution is 2.30. The first-order valence-corrected chi connectivity index (χ1v) is 4.31. The molecular weight excluding hydrogens is 168 g/mol. The van der Waals surface area contributed by atoms with Crippen LogP contribution in [-0.2, 0) is 4.74 Å². The zero-order chi connectivity index (χ0) is 9.26. The fourth-order valence-corrected chi connectivity index (χ4v) is 1.31. The smallest absolute Gasteiger partial charge is 0.106 e. The Kier molecular flexibility index (Phi) is 2.31. The van der Waals surface area contributed by atoms with E-state index in [1.54, 1.807) is 6.07 Å². The molecule has 1 aromatic rings. The van der Waals surface area contributed by atoms with Gasteiger partial charge in [-0.05, 0) is 11.1 Å². The molecule has 0 bridgehead atoms. The number of hydrogen-bond acceptors (Lipinski definition) is 3. The molecule has 0 aliphatic carbocycles. The van der Waals surface area contributed by atoms with E-state index in [-0.39, 0.29) is 12.7 Å². The van der Waals surface area contributed by atoms with Gasteiger partial charge in [0, 0.05) is 0 Å². The molecule has 13 heavy (non-hydrogen) atoms. The molecule has 0 spiro atoms. The van der Waals surface area contributed by atoms with Gasteiger partial charge in [-0.25, -0.2) is 0 Å². The minimum atomic E-state index is -0.779. The zero-order valence-electron chi connectivity index (χ0n) is 7.18. The van der Waals surface area contributed by atoms with Crippen LogP contribution in [0.4, 0.5) is 0 Å². The molecule has 2 atom stereocenters. The van der Waals surface area contributed by atoms with Crippen molar-refractivity contribution in [3.8, 4) is 0 Å². The molecule has 0 radical (unpaired) electrons. The topological polar surface area (TPSA) is 53.0 Å². The summed E-state index contributed by atoms with van der Waals surface area (Å²) in [4.78, 5) is 0. The molecule has 1 fully saturated rings. The van der Waals surface area contributed by atoms with Crippen molar-refractivity contribution in [1.82, 2.24) is 0 Å². The highest BCUT2D eigenvalue weighted by atomic mass is 16.6. The molecule has 1 aromatic carbocycles. The first-order valence-electron chi connectivity index (χ1n) is 4.31. The Morgan fingerprint density at radius 2 is 2.31 bits per heavy atom. The number of aliphatic hydroxyl groups excluding tert-OH is 2. The van der Waals surface area contributed by atoms with Crippen molar-refractivity contribution in [2.24, 2.45) is 0 Å². The van der Waals surface area contributed by atoms with Crippen LogP contribution in [0.25, 0.3) is 0 Å². The summed E-state index contributed by atoms with van der Waals surface area (Å²) in [6.45, 7) is 0.521. The second-order valence-corrected chi connectivity index (χ2v) is 3.19. The molecular formula is C10H12O3. The Bertz CT molecular complexity index is 294. The summed E-state index contributed by atoms with van der Waals surface area (Å²) in [5, 5.41) is 18.1. The van der Waals surface area contributed by atoms with Crippen LogP contribution in [0, 0.1) is 0 Å². The van der Waals surface area contributed by atoms with Crippen LogP contribution in [0.5, 0.6) is 0 Å². The maximum Gasteiger partial charge on any atom is 0.106 e. The number of aliphatic hydroxyl groups is 2. The van der Waals surface area contributed by atoms with E-state index >= 15 is 0 Å². The number of epoxide rings is 1. The summed E-state index contributed by atoms with van der Waals surface area (Å²) >= 11 is 0. The van der Waals surface area contributed by atoms with Crippen LogP contribution in [0.3, 0.4) is 0 Å². The number of rotatable bonds is 3. The van der Waals surface area contributed by atoms with Gasteiger partial charge in [-0.2, -0.15) is 0 Å². The molecule has 0 amide bonds. The van der Waals surface area contributed by atoms with Gasteiger partial charge in [0.15, 0.2) is 0 Å². The minimum absolute atomic E-state index is 0.200. The van der Waals surface area contributed by atoms with Crippen molar-refractivity contribution >= 4 is 0 Å². The van der Waals surface area contributed by atoms with Crippen LogP contribution in [0.2, 0.25) is 0 Å². The molecule has 0 unspecified atom stereocenters. The predicted molar refractivity (Wildman–Crippen MR) is 47.2 cm³/mol. The van der Waals surface area contributed by atoms with Crippen molar-refractivity contribution in [2.75, 3.05) is 13.2 Å². The van der Waals surface area contributed by atoms with Crippen LogP contribution in [0.15, 0.2) is 24.3 Å². The second-order valence-electron chi connectivity index (χ2n) is 3.19. The zero-order valence-corrected chi connectivity index (χ0v) is 7.18. The highest BCUT2D eigenvalue weighted by Gasteiger charge is 2.25. The average Bonchev–Trinajstić information content (AvgIpc) is 3.00. The van der Waals surface area contributed by atoms with Gasteiger partial charge in [0.2, 0.25) is 0 Å². The van der Waals surface area contributed by atoms with Gasteiger partial charge in [-0.15, -0.1) is 0 Å². The Hall–Kier alpha value is -0.900. The van der Waals surface area contributed by atoms with Gasteiger partial charge in [-0.3, -0.25) is 0 Å². The van der Waals surface area contributed by atoms with E-state index in [0.29, 0.717) is 0 Å². The molecule has 2 rings (SSSR count). The van der Waals surface area contributed by atoms with E-state index in [0.717, 1.165) is 17.7 Å². The third-order valence-corrected chi connectivity index (χ3v) is 2.17. The first kappa shape index (κ1) is 8.69. The van der Waals surface area contributed by atoms with E-state index in [4.69, 9.17) is 9.84 Å². The van der Waals surface area contributed by atoms with Gasteiger partial charge in [0.05, 0.1) is 13.2 Å². The molecule has 2 N–H and O–H groups in total. The van der Waals surface area contributed by atoms with Crippen molar-refractivity contribution < 1.29 is 14.9 Å². The standard InChI is InChI=1S/C10H12O3/c11-5-9(12)7-2-1-3-8(4-7)10-6-13-10/h1-4,9-12H,5-6H2/t9-,10-/m0/s1. The molecule has 1 saturated heterocycles. The molecule has 3 nitrogen and oxygen atoms in total. The van der Waals surface area contributed by atoms with Gasteiger partial charge in [0.1, 0.15) is 12.2 Å². The lowest BCUT2D eigenvalue weighted by Gasteiger charge is -2.07. The number of ether oxygens (including phenoxy) is 1. The third kappa shape index (κ3) is 1.88. The summed E-state index contributed by atoms with van der Waals surface area (Å²) in [5.74, 6) is 0. The Balaban J connectivity index is 2.21. The predicted octanol–water partition coefficient (Wildman–Crippen LogP) is 0.784. The van der Waals surface area contributed by atoms with Gasteiger partial charge in [0.25, 0.3) is 0 Å². The lowest BCUT2D eigenvalue weighted by molar-refractivity contribution is 0.0955. The Labute approximate surface area is 76.6 Å². The second kappa shape index (κ2) is 3.46. The quantitative estimate of drug-likeness (QED) is 0.676. The largest absolute Gasteiger partial charge is 0.393 e. The molecule has 70 valence electrons. The third-order valence-electron chi connectivity index (χ3n) is 2.17. The van der Waals surface area contributed by atoms with Crippen molar-refractivity contribution in [3.05, 3.63) is 35.4 Å². The SMILES string of the molecule is OC[C@H](O)c1cccc([C@@H]2CO2)c1. The summed E-state index contributed by atoms with van der Waals surface area (Å²) in [5.41, 5.74) is 1.82. The van der Waals surface area contributed by atoms with Gasteiger partial charge < -0.3 is 14.9 Å². The van der Waals surface area contributed by atoms with Crippen LogP contribution < -0.4 is 0 Å². The van der Waals surface area contributed by atoms with E-state index < -0.39 is 6.10 Å². The lowest BCUT2D eigenvalue weighted by atomic mass is 10.1. The molecule has 3 heteroatoms. The van der Waals surface area contributed by atoms with Gasteiger partial charge in [-0.1, -0.05) is 24.3 Å². The fourth-order valence-electron chi connectivity index (χ4n) is 1.31. The minimum Gasteiger partial charge on any atom is -0.393 e. The summed E-state index contributed by atoms with van der Waals surface area (Å²) in [7, 11) is 0. The Morgan fingerprint density at radius 1 is 1.54 bits per heavy atom. The summed E-state index contributed by atoms with van der Waals surface area (Å²) in [6.07, 6.45) is -0.579. The number of hydrogen-bond donors (Lipinski definition) is 2. The van der Waals surface area contributed by atoms with Crippen molar-refractivity contribution in [2.45, 2.75) is 12.2 Å². The van der Waals surface area contributed by atoms with Crippen LogP contribution in [-0.4, -0.2) is 23.4 Å². The highest BCUT2D eigenvalue weighted by molar-refractivity contribution is 5.28. The van der Waals surface area contributed by atoms with Crippen LogP contribution >= 0.6 is 0 Å². The van der Waals surface area contributed by atoms with Crippen LogP contribution in [0.1, 0.15) is 23.3 Å². The van der Waals surface area contributed by atoms with E-state index in [2.05, 4.69) is 0 Å². The van der Waals surface area contributed by atoms with Crippen molar-refractivity contribution in [1.29, 1.82) is 0 Å². The normalized spacial score (nSPS) is 22.8.